The van der Waals surface area contributed by atoms with E-state index in [9.17, 15) is 9.59 Å². The number of halogens is 1. The number of rotatable bonds is 5. The van der Waals surface area contributed by atoms with Crippen molar-refractivity contribution in [2.75, 3.05) is 6.54 Å². The van der Waals surface area contributed by atoms with Crippen molar-refractivity contribution in [3.05, 3.63) is 34.9 Å². The molecule has 1 aromatic carbocycles. The van der Waals surface area contributed by atoms with Gasteiger partial charge in [-0.3, -0.25) is 9.59 Å². The van der Waals surface area contributed by atoms with Gasteiger partial charge in [0.1, 0.15) is 0 Å². The predicted molar refractivity (Wildman–Crippen MR) is 78.3 cm³/mol. The van der Waals surface area contributed by atoms with Crippen molar-refractivity contribution in [3.8, 4) is 0 Å². The number of amides is 2. The Morgan fingerprint density at radius 3 is 2.90 bits per heavy atom. The van der Waals surface area contributed by atoms with Gasteiger partial charge in [-0.05, 0) is 31.0 Å². The van der Waals surface area contributed by atoms with Crippen LogP contribution < -0.4 is 5.32 Å². The Labute approximate surface area is 124 Å². The summed E-state index contributed by atoms with van der Waals surface area (Å²) in [4.78, 5) is 25.2. The van der Waals surface area contributed by atoms with Crippen LogP contribution in [0.4, 0.5) is 0 Å². The SMILES string of the molecule is CCN(Cc1cccc(Cl)c1)C(=O)CC1CCC(=O)N1. The molecule has 108 valence electrons. The molecule has 0 bridgehead atoms. The van der Waals surface area contributed by atoms with Crippen LogP contribution in [0.25, 0.3) is 0 Å². The van der Waals surface area contributed by atoms with Gasteiger partial charge in [0, 0.05) is 37.0 Å². The Bertz CT molecular complexity index is 504. The summed E-state index contributed by atoms with van der Waals surface area (Å²) in [5, 5.41) is 3.50. The van der Waals surface area contributed by atoms with Crippen molar-refractivity contribution in [2.45, 2.75) is 38.8 Å². The van der Waals surface area contributed by atoms with Crippen molar-refractivity contribution in [1.29, 1.82) is 0 Å². The van der Waals surface area contributed by atoms with E-state index < -0.39 is 0 Å². The summed E-state index contributed by atoms with van der Waals surface area (Å²) in [5.41, 5.74) is 1.02. The minimum absolute atomic E-state index is 0.0107. The van der Waals surface area contributed by atoms with Crippen LogP contribution in [0.5, 0.6) is 0 Å². The van der Waals surface area contributed by atoms with E-state index in [1.54, 1.807) is 4.90 Å². The molecule has 20 heavy (non-hydrogen) atoms. The molecule has 1 aromatic rings. The molecule has 0 radical (unpaired) electrons. The first kappa shape index (κ1) is 14.9. The molecule has 2 amide bonds. The Morgan fingerprint density at radius 2 is 2.30 bits per heavy atom. The Morgan fingerprint density at radius 1 is 1.50 bits per heavy atom. The number of nitrogens with zero attached hydrogens (tertiary/aromatic N) is 1. The molecule has 5 heteroatoms. The Hall–Kier alpha value is -1.55. The van der Waals surface area contributed by atoms with Crippen molar-refractivity contribution in [3.63, 3.8) is 0 Å². The fourth-order valence-electron chi connectivity index (χ4n) is 2.40. The second-order valence-electron chi connectivity index (χ2n) is 5.05. The van der Waals surface area contributed by atoms with Gasteiger partial charge in [-0.25, -0.2) is 0 Å². The summed E-state index contributed by atoms with van der Waals surface area (Å²) < 4.78 is 0. The van der Waals surface area contributed by atoms with Gasteiger partial charge in [0.25, 0.3) is 0 Å². The second-order valence-corrected chi connectivity index (χ2v) is 5.48. The first-order chi connectivity index (χ1) is 9.58. The van der Waals surface area contributed by atoms with Gasteiger partial charge < -0.3 is 10.2 Å². The molecule has 1 N–H and O–H groups in total. The topological polar surface area (TPSA) is 49.4 Å². The number of hydrogen-bond donors (Lipinski definition) is 1. The number of nitrogens with one attached hydrogen (secondary N) is 1. The van der Waals surface area contributed by atoms with E-state index in [1.807, 2.05) is 31.2 Å². The summed E-state index contributed by atoms with van der Waals surface area (Å²) in [6, 6.07) is 7.52. The lowest BCUT2D eigenvalue weighted by molar-refractivity contribution is -0.132. The lowest BCUT2D eigenvalue weighted by Crippen LogP contribution is -2.36. The molecule has 1 heterocycles. The third kappa shape index (κ3) is 3.97. The average Bonchev–Trinajstić information content (AvgIpc) is 2.81. The van der Waals surface area contributed by atoms with E-state index in [0.717, 1.165) is 12.0 Å². The van der Waals surface area contributed by atoms with Gasteiger partial charge in [-0.1, -0.05) is 23.7 Å². The van der Waals surface area contributed by atoms with Crippen molar-refractivity contribution in [2.24, 2.45) is 0 Å². The highest BCUT2D eigenvalue weighted by molar-refractivity contribution is 6.30. The molecule has 0 aromatic heterocycles. The van der Waals surface area contributed by atoms with E-state index in [4.69, 9.17) is 11.6 Å². The summed E-state index contributed by atoms with van der Waals surface area (Å²) in [5.74, 6) is 0.111. The molecule has 0 spiro atoms. The van der Waals surface area contributed by atoms with Crippen molar-refractivity contribution >= 4 is 23.4 Å². The monoisotopic (exact) mass is 294 g/mol. The molecule has 2 rings (SSSR count). The molecule has 1 aliphatic rings. The maximum atomic E-state index is 12.3. The normalized spacial score (nSPS) is 17.9. The first-order valence-electron chi connectivity index (χ1n) is 6.90. The van der Waals surface area contributed by atoms with Crippen LogP contribution in [0, 0.1) is 0 Å². The van der Waals surface area contributed by atoms with E-state index in [2.05, 4.69) is 5.32 Å². The quantitative estimate of drug-likeness (QED) is 0.906. The zero-order chi connectivity index (χ0) is 14.5. The second kappa shape index (κ2) is 6.75. The first-order valence-corrected chi connectivity index (χ1v) is 7.28. The van der Waals surface area contributed by atoms with E-state index >= 15 is 0 Å². The van der Waals surface area contributed by atoms with Crippen molar-refractivity contribution < 1.29 is 9.59 Å². The van der Waals surface area contributed by atoms with Gasteiger partial charge in [0.2, 0.25) is 11.8 Å². The lowest BCUT2D eigenvalue weighted by atomic mass is 10.1. The highest BCUT2D eigenvalue weighted by atomic mass is 35.5. The van der Waals surface area contributed by atoms with Gasteiger partial charge in [0.15, 0.2) is 0 Å². The molecule has 1 aliphatic heterocycles. The van der Waals surface area contributed by atoms with Crippen LogP contribution in [-0.4, -0.2) is 29.3 Å². The molecule has 0 saturated carbocycles. The largest absolute Gasteiger partial charge is 0.353 e. The van der Waals surface area contributed by atoms with Crippen LogP contribution in [-0.2, 0) is 16.1 Å². The minimum atomic E-state index is -0.0107. The van der Waals surface area contributed by atoms with E-state index in [0.29, 0.717) is 31.0 Å². The lowest BCUT2D eigenvalue weighted by Gasteiger charge is -2.22. The summed E-state index contributed by atoms with van der Waals surface area (Å²) in [7, 11) is 0. The number of benzene rings is 1. The average molecular weight is 295 g/mol. The van der Waals surface area contributed by atoms with Crippen LogP contribution >= 0.6 is 11.6 Å². The minimum Gasteiger partial charge on any atom is -0.353 e. The van der Waals surface area contributed by atoms with Gasteiger partial charge >= 0.3 is 0 Å². The fraction of sp³-hybridized carbons (Fsp3) is 0.467. The van der Waals surface area contributed by atoms with Gasteiger partial charge in [-0.2, -0.15) is 0 Å². The molecule has 0 aliphatic carbocycles. The smallest absolute Gasteiger partial charge is 0.224 e. The summed E-state index contributed by atoms with van der Waals surface area (Å²) in [6.07, 6.45) is 1.65. The maximum absolute atomic E-state index is 12.3. The van der Waals surface area contributed by atoms with Crippen LogP contribution in [0.15, 0.2) is 24.3 Å². The standard InChI is InChI=1S/C15H19ClN2O2/c1-2-18(10-11-4-3-5-12(16)8-11)15(20)9-13-6-7-14(19)17-13/h3-5,8,13H,2,6-7,9-10H2,1H3,(H,17,19). The highest BCUT2D eigenvalue weighted by Crippen LogP contribution is 2.15. The molecule has 1 saturated heterocycles. The number of hydrogen-bond acceptors (Lipinski definition) is 2. The van der Waals surface area contributed by atoms with Gasteiger partial charge in [-0.15, -0.1) is 0 Å². The highest BCUT2D eigenvalue weighted by Gasteiger charge is 2.25. The zero-order valence-electron chi connectivity index (χ0n) is 11.6. The van der Waals surface area contributed by atoms with Crippen LogP contribution in [0.2, 0.25) is 5.02 Å². The number of carbonyl (C=O) groups excluding carboxylic acids is 2. The number of carbonyl (C=O) groups is 2. The Kier molecular flexibility index (Phi) is 5.01. The fourth-order valence-corrected chi connectivity index (χ4v) is 2.62. The molecule has 4 nitrogen and oxygen atoms in total. The van der Waals surface area contributed by atoms with Crippen LogP contribution in [0.1, 0.15) is 31.7 Å². The molecule has 1 fully saturated rings. The van der Waals surface area contributed by atoms with E-state index in [1.165, 1.54) is 0 Å². The molecular weight excluding hydrogens is 276 g/mol. The zero-order valence-corrected chi connectivity index (χ0v) is 12.3. The Balaban J connectivity index is 1.93. The maximum Gasteiger partial charge on any atom is 0.224 e. The molecule has 1 atom stereocenters. The summed E-state index contributed by atoms with van der Waals surface area (Å²) in [6.45, 7) is 3.15. The van der Waals surface area contributed by atoms with Crippen molar-refractivity contribution in [1.82, 2.24) is 10.2 Å². The van der Waals surface area contributed by atoms with Gasteiger partial charge in [0.05, 0.1) is 0 Å². The summed E-state index contributed by atoms with van der Waals surface area (Å²) >= 11 is 5.95. The van der Waals surface area contributed by atoms with E-state index in [-0.39, 0.29) is 17.9 Å². The third-order valence-electron chi connectivity index (χ3n) is 3.50. The predicted octanol–water partition coefficient (Wildman–Crippen LogP) is 2.36. The molecular formula is C15H19ClN2O2. The molecule has 1 unspecified atom stereocenters. The third-order valence-corrected chi connectivity index (χ3v) is 3.74. The van der Waals surface area contributed by atoms with Crippen LogP contribution in [0.3, 0.4) is 0 Å².